The van der Waals surface area contributed by atoms with Gasteiger partial charge in [0, 0.05) is 43.4 Å². The molecule has 5 rings (SSSR count). The first-order chi connectivity index (χ1) is 19.6. The third-order valence-electron chi connectivity index (χ3n) is 6.83. The van der Waals surface area contributed by atoms with Crippen molar-refractivity contribution in [2.75, 3.05) is 36.5 Å². The number of pyridine rings is 1. The summed E-state index contributed by atoms with van der Waals surface area (Å²) in [4.78, 5) is 35.6. The molecule has 204 valence electrons. The highest BCUT2D eigenvalue weighted by Gasteiger charge is 2.32. The Bertz CT molecular complexity index is 1410. The fourth-order valence-electron chi connectivity index (χ4n) is 4.82. The molecule has 0 saturated carbocycles. The van der Waals surface area contributed by atoms with Gasteiger partial charge in [-0.3, -0.25) is 14.6 Å². The molecule has 0 spiro atoms. The molecule has 4 aromatic rings. The highest BCUT2D eigenvalue weighted by atomic mass is 19.1. The molecule has 0 radical (unpaired) electrons. The molecule has 2 heterocycles. The van der Waals surface area contributed by atoms with Gasteiger partial charge in [-0.05, 0) is 59.2 Å². The summed E-state index contributed by atoms with van der Waals surface area (Å²) < 4.78 is 19.9. The number of halogens is 1. The zero-order valence-electron chi connectivity index (χ0n) is 22.1. The van der Waals surface area contributed by atoms with Gasteiger partial charge in [-0.25, -0.2) is 4.39 Å². The van der Waals surface area contributed by atoms with Crippen LogP contribution in [0.15, 0.2) is 103 Å². The summed E-state index contributed by atoms with van der Waals surface area (Å²) in [6.45, 7) is 3.10. The Morgan fingerprint density at radius 3 is 2.38 bits per heavy atom. The van der Waals surface area contributed by atoms with Gasteiger partial charge in [0.1, 0.15) is 11.9 Å². The molecule has 1 aliphatic heterocycles. The largest absolute Gasteiger partial charge is 0.378 e. The molecule has 7 nitrogen and oxygen atoms in total. The van der Waals surface area contributed by atoms with Crippen molar-refractivity contribution < 1.29 is 18.7 Å². The average Bonchev–Trinajstić information content (AvgIpc) is 2.99. The fraction of sp³-hybridized carbons (Fsp3) is 0.219. The van der Waals surface area contributed by atoms with Crippen LogP contribution in [0, 0.1) is 5.82 Å². The van der Waals surface area contributed by atoms with E-state index in [1.165, 1.54) is 17.0 Å². The van der Waals surface area contributed by atoms with Crippen molar-refractivity contribution in [3.8, 4) is 0 Å². The van der Waals surface area contributed by atoms with Crippen molar-refractivity contribution in [1.82, 2.24) is 9.88 Å². The number of anilines is 2. The van der Waals surface area contributed by atoms with Crippen LogP contribution in [0.2, 0.25) is 0 Å². The van der Waals surface area contributed by atoms with E-state index in [4.69, 9.17) is 4.74 Å². The number of nitrogens with zero attached hydrogens (tertiary/aromatic N) is 3. The summed E-state index contributed by atoms with van der Waals surface area (Å²) in [5.41, 5.74) is 3.58. The van der Waals surface area contributed by atoms with Crippen LogP contribution < -0.4 is 10.2 Å². The number of rotatable bonds is 9. The first-order valence-electron chi connectivity index (χ1n) is 13.3. The number of hydrogen-bond donors (Lipinski definition) is 1. The second-order valence-electron chi connectivity index (χ2n) is 9.64. The smallest absolute Gasteiger partial charge is 0.251 e. The zero-order valence-corrected chi connectivity index (χ0v) is 22.1. The molecule has 1 atom stereocenters. The molecule has 1 aliphatic rings. The quantitative estimate of drug-likeness (QED) is 0.324. The minimum Gasteiger partial charge on any atom is -0.378 e. The molecule has 1 N–H and O–H groups in total. The molecule has 2 amide bonds. The van der Waals surface area contributed by atoms with Crippen LogP contribution in [0.1, 0.15) is 22.7 Å². The van der Waals surface area contributed by atoms with Crippen LogP contribution in [0.4, 0.5) is 15.8 Å². The van der Waals surface area contributed by atoms with E-state index >= 15 is 0 Å². The maximum absolute atomic E-state index is 14.4. The van der Waals surface area contributed by atoms with E-state index in [0.717, 1.165) is 29.9 Å². The monoisotopic (exact) mass is 538 g/mol. The van der Waals surface area contributed by atoms with Gasteiger partial charge in [0.15, 0.2) is 0 Å². The Balaban J connectivity index is 1.45. The lowest BCUT2D eigenvalue weighted by molar-refractivity contribution is -0.139. The molecule has 0 aliphatic carbocycles. The van der Waals surface area contributed by atoms with Gasteiger partial charge in [-0.2, -0.15) is 0 Å². The molecule has 1 saturated heterocycles. The molecule has 8 heteroatoms. The summed E-state index contributed by atoms with van der Waals surface area (Å²) in [6.07, 6.45) is 3.40. The summed E-state index contributed by atoms with van der Waals surface area (Å²) in [5.74, 6) is -1.18. The summed E-state index contributed by atoms with van der Waals surface area (Å²) in [5, 5.41) is 2.96. The predicted octanol–water partition coefficient (Wildman–Crippen LogP) is 5.01. The minimum atomic E-state index is -1.08. The summed E-state index contributed by atoms with van der Waals surface area (Å²) in [6, 6.07) is 25.3. The van der Waals surface area contributed by atoms with Crippen LogP contribution >= 0.6 is 0 Å². The maximum Gasteiger partial charge on any atom is 0.251 e. The van der Waals surface area contributed by atoms with E-state index in [9.17, 15) is 14.0 Å². The van der Waals surface area contributed by atoms with Crippen molar-refractivity contribution in [3.05, 3.63) is 126 Å². The van der Waals surface area contributed by atoms with E-state index in [1.54, 1.807) is 30.6 Å². The topological polar surface area (TPSA) is 74.8 Å². The normalized spacial score (nSPS) is 13.9. The van der Waals surface area contributed by atoms with E-state index < -0.39 is 17.8 Å². The number of benzene rings is 3. The maximum atomic E-state index is 14.4. The number of hydrogen-bond acceptors (Lipinski definition) is 5. The number of morpholine rings is 1. The van der Waals surface area contributed by atoms with Gasteiger partial charge in [0.2, 0.25) is 5.91 Å². The Morgan fingerprint density at radius 1 is 0.925 bits per heavy atom. The van der Waals surface area contributed by atoms with E-state index in [1.807, 2.05) is 60.7 Å². The summed E-state index contributed by atoms with van der Waals surface area (Å²) >= 11 is 0. The van der Waals surface area contributed by atoms with Crippen molar-refractivity contribution in [3.63, 3.8) is 0 Å². The van der Waals surface area contributed by atoms with Gasteiger partial charge < -0.3 is 19.9 Å². The Labute approximate surface area is 233 Å². The average molecular weight is 539 g/mol. The number of nitrogens with one attached hydrogen (secondary N) is 1. The van der Waals surface area contributed by atoms with Crippen molar-refractivity contribution >= 4 is 23.2 Å². The lowest BCUT2D eigenvalue weighted by atomic mass is 10.0. The molecule has 1 unspecified atom stereocenters. The Hall–Kier alpha value is -4.56. The number of carbonyl (C=O) groups excluding carboxylic acids is 2. The van der Waals surface area contributed by atoms with Gasteiger partial charge in [-0.1, -0.05) is 48.5 Å². The molecular formula is C32H31FN4O3. The molecule has 1 aromatic heterocycles. The Morgan fingerprint density at radius 2 is 1.68 bits per heavy atom. The first kappa shape index (κ1) is 27.0. The zero-order chi connectivity index (χ0) is 27.7. The summed E-state index contributed by atoms with van der Waals surface area (Å²) in [7, 11) is 0. The standard InChI is InChI=1S/C32H31FN4O3/c33-27-10-4-9-26(21-27)31(32(39)35-28-11-13-29(14-12-28)36-16-18-40-19-17-36)37(23-25-8-5-15-34-22-25)30(38)20-24-6-2-1-3-7-24/h1-15,21-22,31H,16-20,23H2,(H,35,39). The van der Waals surface area contributed by atoms with Gasteiger partial charge in [0.05, 0.1) is 19.6 Å². The van der Waals surface area contributed by atoms with Crippen LogP contribution in [0.5, 0.6) is 0 Å². The minimum absolute atomic E-state index is 0.0917. The lowest BCUT2D eigenvalue weighted by Gasteiger charge is -2.32. The van der Waals surface area contributed by atoms with E-state index in [2.05, 4.69) is 15.2 Å². The molecule has 40 heavy (non-hydrogen) atoms. The van der Waals surface area contributed by atoms with E-state index in [-0.39, 0.29) is 18.9 Å². The predicted molar refractivity (Wildman–Crippen MR) is 152 cm³/mol. The van der Waals surface area contributed by atoms with Gasteiger partial charge in [-0.15, -0.1) is 0 Å². The van der Waals surface area contributed by atoms with Crippen LogP contribution in [-0.4, -0.2) is 48.0 Å². The van der Waals surface area contributed by atoms with Crippen molar-refractivity contribution in [2.24, 2.45) is 0 Å². The van der Waals surface area contributed by atoms with Crippen molar-refractivity contribution in [2.45, 2.75) is 19.0 Å². The fourth-order valence-corrected chi connectivity index (χ4v) is 4.82. The van der Waals surface area contributed by atoms with Gasteiger partial charge in [0.25, 0.3) is 5.91 Å². The van der Waals surface area contributed by atoms with E-state index in [0.29, 0.717) is 24.5 Å². The van der Waals surface area contributed by atoms with Crippen molar-refractivity contribution in [1.29, 1.82) is 0 Å². The number of amides is 2. The van der Waals surface area contributed by atoms with Crippen LogP contribution in [-0.2, 0) is 27.3 Å². The van der Waals surface area contributed by atoms with Crippen LogP contribution in [0.3, 0.4) is 0 Å². The number of carbonyl (C=O) groups is 2. The Kier molecular flexibility index (Phi) is 8.78. The third kappa shape index (κ3) is 6.90. The third-order valence-corrected chi connectivity index (χ3v) is 6.83. The first-order valence-corrected chi connectivity index (χ1v) is 13.3. The highest BCUT2D eigenvalue weighted by Crippen LogP contribution is 2.28. The molecular weight excluding hydrogens is 507 g/mol. The van der Waals surface area contributed by atoms with Crippen LogP contribution in [0.25, 0.3) is 0 Å². The molecule has 1 fully saturated rings. The van der Waals surface area contributed by atoms with Gasteiger partial charge >= 0.3 is 0 Å². The molecule has 0 bridgehead atoms. The highest BCUT2D eigenvalue weighted by molar-refractivity contribution is 5.98. The lowest BCUT2D eigenvalue weighted by Crippen LogP contribution is -2.41. The number of aromatic nitrogens is 1. The SMILES string of the molecule is O=C(Nc1ccc(N2CCOCC2)cc1)C(c1cccc(F)c1)N(Cc1cccnc1)C(=O)Cc1ccccc1. The second-order valence-corrected chi connectivity index (χ2v) is 9.64. The second kappa shape index (κ2) is 13.0. The number of ether oxygens (including phenoxy) is 1. The molecule has 3 aromatic carbocycles.